The fourth-order valence-corrected chi connectivity index (χ4v) is 1.72. The van der Waals surface area contributed by atoms with Gasteiger partial charge in [-0.1, -0.05) is 29.3 Å². The lowest BCUT2D eigenvalue weighted by molar-refractivity contribution is 0.0397. The number of halogens is 2. The van der Waals surface area contributed by atoms with Crippen molar-refractivity contribution in [2.45, 2.75) is 0 Å². The molecule has 86 valence electrons. The second-order valence-electron chi connectivity index (χ2n) is 3.48. The molecule has 0 aromatic heterocycles. The highest BCUT2D eigenvalue weighted by Gasteiger charge is 2.06. The van der Waals surface area contributed by atoms with Gasteiger partial charge < -0.3 is 4.74 Å². The Bertz CT molecular complexity index is 390. The van der Waals surface area contributed by atoms with E-state index in [9.17, 15) is 0 Å². The lowest BCUT2D eigenvalue weighted by atomic mass is 10.2. The monoisotopic (exact) mass is 258 g/mol. The molecule has 1 aromatic carbocycles. The molecule has 0 unspecified atom stereocenters. The molecule has 0 amide bonds. The number of nitrogens with zero attached hydrogens (tertiary/aromatic N) is 2. The van der Waals surface area contributed by atoms with Crippen molar-refractivity contribution >= 4 is 29.4 Å². The molecule has 0 aliphatic carbocycles. The first-order valence-corrected chi connectivity index (χ1v) is 5.83. The van der Waals surface area contributed by atoms with Crippen molar-refractivity contribution in [2.24, 2.45) is 5.10 Å². The van der Waals surface area contributed by atoms with Crippen molar-refractivity contribution in [3.05, 3.63) is 33.8 Å². The van der Waals surface area contributed by atoms with E-state index in [0.717, 1.165) is 31.9 Å². The van der Waals surface area contributed by atoms with Crippen LogP contribution in [0.5, 0.6) is 0 Å². The highest BCUT2D eigenvalue weighted by atomic mass is 35.5. The Kier molecular flexibility index (Phi) is 4.04. The van der Waals surface area contributed by atoms with Crippen LogP contribution in [0.3, 0.4) is 0 Å². The number of morpholine rings is 1. The molecule has 5 heteroatoms. The number of hydrazone groups is 1. The lowest BCUT2D eigenvalue weighted by Crippen LogP contribution is -2.32. The first kappa shape index (κ1) is 11.7. The summed E-state index contributed by atoms with van der Waals surface area (Å²) in [5.41, 5.74) is 0.945. The molecule has 0 bridgehead atoms. The quantitative estimate of drug-likeness (QED) is 0.763. The van der Waals surface area contributed by atoms with Gasteiger partial charge in [0.05, 0.1) is 42.6 Å². The van der Waals surface area contributed by atoms with Crippen molar-refractivity contribution in [3.63, 3.8) is 0 Å². The van der Waals surface area contributed by atoms with Crippen molar-refractivity contribution < 1.29 is 4.74 Å². The second kappa shape index (κ2) is 5.53. The fraction of sp³-hybridized carbons (Fsp3) is 0.364. The summed E-state index contributed by atoms with van der Waals surface area (Å²) >= 11 is 11.7. The Morgan fingerprint density at radius 2 is 1.94 bits per heavy atom. The zero-order chi connectivity index (χ0) is 11.4. The summed E-state index contributed by atoms with van der Waals surface area (Å²) < 4.78 is 5.23. The third-order valence-electron chi connectivity index (χ3n) is 2.30. The standard InChI is InChI=1S/C11H12Cl2N2O/c12-10-2-1-9(7-11(10)13)8-14-15-3-5-16-6-4-15/h1-2,7-8H,3-6H2. The highest BCUT2D eigenvalue weighted by Crippen LogP contribution is 2.21. The van der Waals surface area contributed by atoms with Crippen LogP contribution in [0.15, 0.2) is 23.3 Å². The number of hydrogen-bond donors (Lipinski definition) is 0. The Morgan fingerprint density at radius 3 is 2.62 bits per heavy atom. The van der Waals surface area contributed by atoms with Crippen LogP contribution in [-0.2, 0) is 4.74 Å². The van der Waals surface area contributed by atoms with Gasteiger partial charge in [-0.3, -0.25) is 5.01 Å². The molecule has 0 radical (unpaired) electrons. The van der Waals surface area contributed by atoms with Crippen LogP contribution in [0.2, 0.25) is 10.0 Å². The molecule has 0 saturated carbocycles. The van der Waals surface area contributed by atoms with Gasteiger partial charge in [-0.25, -0.2) is 0 Å². The summed E-state index contributed by atoms with van der Waals surface area (Å²) in [6, 6.07) is 5.45. The third-order valence-corrected chi connectivity index (χ3v) is 3.04. The van der Waals surface area contributed by atoms with E-state index in [0.29, 0.717) is 10.0 Å². The van der Waals surface area contributed by atoms with Crippen LogP contribution in [-0.4, -0.2) is 37.5 Å². The van der Waals surface area contributed by atoms with E-state index in [4.69, 9.17) is 27.9 Å². The molecule has 2 rings (SSSR count). The normalized spacial score (nSPS) is 17.0. The van der Waals surface area contributed by atoms with E-state index < -0.39 is 0 Å². The predicted octanol–water partition coefficient (Wildman–Crippen LogP) is 2.66. The molecule has 1 aromatic rings. The molecule has 1 saturated heterocycles. The summed E-state index contributed by atoms with van der Waals surface area (Å²) in [5.74, 6) is 0. The summed E-state index contributed by atoms with van der Waals surface area (Å²) in [4.78, 5) is 0. The maximum absolute atomic E-state index is 5.91. The Labute approximate surface area is 105 Å². The SMILES string of the molecule is Clc1ccc(C=NN2CCOCC2)cc1Cl. The van der Waals surface area contributed by atoms with Gasteiger partial charge in [0.25, 0.3) is 0 Å². The fourth-order valence-electron chi connectivity index (χ4n) is 1.41. The van der Waals surface area contributed by atoms with Crippen LogP contribution in [0.25, 0.3) is 0 Å². The van der Waals surface area contributed by atoms with Gasteiger partial charge in [0.15, 0.2) is 0 Å². The molecule has 1 aliphatic heterocycles. The number of rotatable bonds is 2. The zero-order valence-electron chi connectivity index (χ0n) is 8.70. The average Bonchev–Trinajstić information content (AvgIpc) is 2.32. The van der Waals surface area contributed by atoms with Gasteiger partial charge >= 0.3 is 0 Å². The van der Waals surface area contributed by atoms with E-state index in [1.165, 1.54) is 0 Å². The summed E-state index contributed by atoms with van der Waals surface area (Å²) in [6.07, 6.45) is 1.79. The van der Waals surface area contributed by atoms with Crippen molar-refractivity contribution in [1.82, 2.24) is 5.01 Å². The van der Waals surface area contributed by atoms with Gasteiger partial charge in [0.2, 0.25) is 0 Å². The maximum atomic E-state index is 5.91. The van der Waals surface area contributed by atoms with Crippen LogP contribution >= 0.6 is 23.2 Å². The maximum Gasteiger partial charge on any atom is 0.0659 e. The molecule has 0 spiro atoms. The van der Waals surface area contributed by atoms with Gasteiger partial charge in [-0.05, 0) is 17.7 Å². The number of benzene rings is 1. The highest BCUT2D eigenvalue weighted by molar-refractivity contribution is 6.42. The minimum absolute atomic E-state index is 0.549. The topological polar surface area (TPSA) is 24.8 Å². The summed E-state index contributed by atoms with van der Waals surface area (Å²) in [5, 5.41) is 7.44. The van der Waals surface area contributed by atoms with E-state index >= 15 is 0 Å². The molecule has 1 heterocycles. The average molecular weight is 259 g/mol. The third kappa shape index (κ3) is 3.11. The van der Waals surface area contributed by atoms with Gasteiger partial charge in [0, 0.05) is 0 Å². The van der Waals surface area contributed by atoms with Gasteiger partial charge in [-0.2, -0.15) is 5.10 Å². The number of ether oxygens (including phenoxy) is 1. The van der Waals surface area contributed by atoms with Crippen LogP contribution in [0.1, 0.15) is 5.56 Å². The summed E-state index contributed by atoms with van der Waals surface area (Å²) in [6.45, 7) is 3.13. The van der Waals surface area contributed by atoms with E-state index in [-0.39, 0.29) is 0 Å². The second-order valence-corrected chi connectivity index (χ2v) is 4.30. The van der Waals surface area contributed by atoms with Crippen molar-refractivity contribution in [1.29, 1.82) is 0 Å². The number of hydrogen-bond acceptors (Lipinski definition) is 3. The van der Waals surface area contributed by atoms with E-state index in [1.54, 1.807) is 18.3 Å². The Balaban J connectivity index is 2.02. The molecular formula is C11H12Cl2N2O. The molecule has 3 nitrogen and oxygen atoms in total. The lowest BCUT2D eigenvalue weighted by Gasteiger charge is -2.23. The first-order chi connectivity index (χ1) is 7.75. The molecule has 1 fully saturated rings. The van der Waals surface area contributed by atoms with Crippen LogP contribution < -0.4 is 0 Å². The Hall–Kier alpha value is -0.770. The van der Waals surface area contributed by atoms with Crippen LogP contribution in [0, 0.1) is 0 Å². The first-order valence-electron chi connectivity index (χ1n) is 5.07. The van der Waals surface area contributed by atoms with Crippen molar-refractivity contribution in [2.75, 3.05) is 26.3 Å². The Morgan fingerprint density at radius 1 is 1.19 bits per heavy atom. The van der Waals surface area contributed by atoms with Crippen LogP contribution in [0.4, 0.5) is 0 Å². The van der Waals surface area contributed by atoms with Crippen molar-refractivity contribution in [3.8, 4) is 0 Å². The predicted molar refractivity (Wildman–Crippen MR) is 66.4 cm³/mol. The minimum atomic E-state index is 0.549. The molecule has 0 atom stereocenters. The smallest absolute Gasteiger partial charge is 0.0659 e. The largest absolute Gasteiger partial charge is 0.378 e. The zero-order valence-corrected chi connectivity index (χ0v) is 10.2. The van der Waals surface area contributed by atoms with E-state index in [1.807, 2.05) is 11.1 Å². The molecule has 16 heavy (non-hydrogen) atoms. The molecular weight excluding hydrogens is 247 g/mol. The molecule has 1 aliphatic rings. The minimum Gasteiger partial charge on any atom is -0.378 e. The van der Waals surface area contributed by atoms with Gasteiger partial charge in [-0.15, -0.1) is 0 Å². The molecule has 0 N–H and O–H groups in total. The summed E-state index contributed by atoms with van der Waals surface area (Å²) in [7, 11) is 0. The van der Waals surface area contributed by atoms with E-state index in [2.05, 4.69) is 5.10 Å². The van der Waals surface area contributed by atoms with Gasteiger partial charge in [0.1, 0.15) is 0 Å².